The first-order valence-corrected chi connectivity index (χ1v) is 7.16. The van der Waals surface area contributed by atoms with Crippen molar-refractivity contribution in [1.82, 2.24) is 5.16 Å². The molecule has 0 atom stereocenters. The van der Waals surface area contributed by atoms with Crippen LogP contribution in [-0.2, 0) is 0 Å². The van der Waals surface area contributed by atoms with Gasteiger partial charge in [0, 0.05) is 19.2 Å². The van der Waals surface area contributed by atoms with Gasteiger partial charge in [-0.2, -0.15) is 0 Å². The number of aromatic carboxylic acids is 1. The second-order valence-electron chi connectivity index (χ2n) is 5.56. The Morgan fingerprint density at radius 1 is 1.38 bits per heavy atom. The SMILES string of the molecule is CN(CC1CCC1)c1noc(-c2ccccc2)c1C(=O)O. The molecule has 0 aliphatic heterocycles. The Morgan fingerprint density at radius 3 is 2.67 bits per heavy atom. The van der Waals surface area contributed by atoms with Crippen LogP contribution >= 0.6 is 0 Å². The van der Waals surface area contributed by atoms with Crippen LogP contribution in [0, 0.1) is 5.92 Å². The molecule has 0 saturated heterocycles. The Hall–Kier alpha value is -2.30. The molecule has 1 aliphatic rings. The molecule has 1 fully saturated rings. The molecule has 5 nitrogen and oxygen atoms in total. The zero-order valence-electron chi connectivity index (χ0n) is 12.0. The average molecular weight is 286 g/mol. The van der Waals surface area contributed by atoms with Gasteiger partial charge in [0.05, 0.1) is 0 Å². The topological polar surface area (TPSA) is 66.6 Å². The Bertz CT molecular complexity index is 632. The van der Waals surface area contributed by atoms with Crippen molar-refractivity contribution in [2.45, 2.75) is 19.3 Å². The summed E-state index contributed by atoms with van der Waals surface area (Å²) in [6.45, 7) is 0.820. The summed E-state index contributed by atoms with van der Waals surface area (Å²) in [6.07, 6.45) is 3.67. The van der Waals surface area contributed by atoms with Gasteiger partial charge in [-0.05, 0) is 18.8 Å². The van der Waals surface area contributed by atoms with Gasteiger partial charge in [0.2, 0.25) is 0 Å². The Labute approximate surface area is 123 Å². The van der Waals surface area contributed by atoms with E-state index in [1.54, 1.807) is 0 Å². The third kappa shape index (κ3) is 2.63. The molecule has 3 rings (SSSR count). The number of carboxylic acid groups (broad SMARTS) is 1. The van der Waals surface area contributed by atoms with Gasteiger partial charge in [0.15, 0.2) is 17.1 Å². The summed E-state index contributed by atoms with van der Waals surface area (Å²) in [5, 5.41) is 13.5. The van der Waals surface area contributed by atoms with Crippen molar-refractivity contribution in [3.8, 4) is 11.3 Å². The first kappa shape index (κ1) is 13.7. The van der Waals surface area contributed by atoms with E-state index in [0.717, 1.165) is 12.1 Å². The van der Waals surface area contributed by atoms with Gasteiger partial charge in [-0.15, -0.1) is 0 Å². The maximum atomic E-state index is 11.6. The van der Waals surface area contributed by atoms with Crippen LogP contribution in [-0.4, -0.2) is 29.8 Å². The monoisotopic (exact) mass is 286 g/mol. The van der Waals surface area contributed by atoms with Crippen LogP contribution in [0.15, 0.2) is 34.9 Å². The number of hydrogen-bond donors (Lipinski definition) is 1. The fourth-order valence-corrected chi connectivity index (χ4v) is 2.67. The van der Waals surface area contributed by atoms with Crippen molar-refractivity contribution in [2.24, 2.45) is 5.92 Å². The number of carbonyl (C=O) groups is 1. The van der Waals surface area contributed by atoms with E-state index in [4.69, 9.17) is 4.52 Å². The van der Waals surface area contributed by atoms with Crippen LogP contribution in [0.5, 0.6) is 0 Å². The normalized spacial score (nSPS) is 14.7. The highest BCUT2D eigenvalue weighted by Crippen LogP contribution is 2.33. The second kappa shape index (κ2) is 5.60. The molecular weight excluding hydrogens is 268 g/mol. The largest absolute Gasteiger partial charge is 0.477 e. The molecule has 2 aromatic rings. The predicted molar refractivity (Wildman–Crippen MR) is 79.5 cm³/mol. The number of rotatable bonds is 5. The fraction of sp³-hybridized carbons (Fsp3) is 0.375. The molecular formula is C16H18N2O3. The van der Waals surface area contributed by atoms with Gasteiger partial charge in [-0.1, -0.05) is 41.9 Å². The van der Waals surface area contributed by atoms with Crippen LogP contribution in [0.2, 0.25) is 0 Å². The van der Waals surface area contributed by atoms with Gasteiger partial charge >= 0.3 is 5.97 Å². The van der Waals surface area contributed by atoms with E-state index < -0.39 is 5.97 Å². The molecule has 1 N–H and O–H groups in total. The third-order valence-corrected chi connectivity index (χ3v) is 4.04. The van der Waals surface area contributed by atoms with Gasteiger partial charge in [-0.3, -0.25) is 0 Å². The minimum atomic E-state index is -1.01. The smallest absolute Gasteiger partial charge is 0.343 e. The maximum Gasteiger partial charge on any atom is 0.343 e. The van der Waals surface area contributed by atoms with Crippen molar-refractivity contribution in [1.29, 1.82) is 0 Å². The van der Waals surface area contributed by atoms with Crippen LogP contribution < -0.4 is 4.90 Å². The zero-order chi connectivity index (χ0) is 14.8. The third-order valence-electron chi connectivity index (χ3n) is 4.04. The Morgan fingerprint density at radius 2 is 2.10 bits per heavy atom. The second-order valence-corrected chi connectivity index (χ2v) is 5.56. The summed E-state index contributed by atoms with van der Waals surface area (Å²) in [5.41, 5.74) is 0.869. The fourth-order valence-electron chi connectivity index (χ4n) is 2.67. The number of nitrogens with zero attached hydrogens (tertiary/aromatic N) is 2. The van der Waals surface area contributed by atoms with Crippen LogP contribution in [0.25, 0.3) is 11.3 Å². The quantitative estimate of drug-likeness (QED) is 0.913. The maximum absolute atomic E-state index is 11.6. The van der Waals surface area contributed by atoms with E-state index in [-0.39, 0.29) is 5.56 Å². The van der Waals surface area contributed by atoms with Crippen molar-refractivity contribution >= 4 is 11.8 Å². The van der Waals surface area contributed by atoms with E-state index in [0.29, 0.717) is 17.5 Å². The number of hydrogen-bond acceptors (Lipinski definition) is 4. The van der Waals surface area contributed by atoms with Crippen molar-refractivity contribution < 1.29 is 14.4 Å². The van der Waals surface area contributed by atoms with Gasteiger partial charge < -0.3 is 14.5 Å². The summed E-state index contributed by atoms with van der Waals surface area (Å²) < 4.78 is 5.33. The number of aromatic nitrogens is 1. The van der Waals surface area contributed by atoms with Gasteiger partial charge in [0.1, 0.15) is 0 Å². The van der Waals surface area contributed by atoms with Gasteiger partial charge in [-0.25, -0.2) is 4.79 Å². The predicted octanol–water partition coefficient (Wildman–Crippen LogP) is 3.28. The molecule has 1 aromatic carbocycles. The molecule has 1 aromatic heterocycles. The van der Waals surface area contributed by atoms with Crippen LogP contribution in [0.3, 0.4) is 0 Å². The first-order valence-electron chi connectivity index (χ1n) is 7.16. The number of anilines is 1. The summed E-state index contributed by atoms with van der Waals surface area (Å²) in [5.74, 6) is 0.353. The highest BCUT2D eigenvalue weighted by molar-refractivity contribution is 5.99. The van der Waals surface area contributed by atoms with Crippen molar-refractivity contribution in [3.05, 3.63) is 35.9 Å². The van der Waals surface area contributed by atoms with E-state index in [1.165, 1.54) is 19.3 Å². The van der Waals surface area contributed by atoms with Crippen LogP contribution in [0.1, 0.15) is 29.6 Å². The van der Waals surface area contributed by atoms with E-state index >= 15 is 0 Å². The summed E-state index contributed by atoms with van der Waals surface area (Å²) in [6, 6.07) is 9.22. The number of benzene rings is 1. The molecule has 21 heavy (non-hydrogen) atoms. The van der Waals surface area contributed by atoms with Gasteiger partial charge in [0.25, 0.3) is 0 Å². The van der Waals surface area contributed by atoms with Crippen LogP contribution in [0.4, 0.5) is 5.82 Å². The first-order chi connectivity index (χ1) is 10.2. The zero-order valence-corrected chi connectivity index (χ0v) is 12.0. The molecule has 1 saturated carbocycles. The van der Waals surface area contributed by atoms with E-state index in [2.05, 4.69) is 5.16 Å². The highest BCUT2D eigenvalue weighted by atomic mass is 16.5. The standard InChI is InChI=1S/C16H18N2O3/c1-18(10-11-6-5-7-11)15-13(16(19)20)14(21-17-15)12-8-3-2-4-9-12/h2-4,8-9,11H,5-7,10H2,1H3,(H,19,20). The molecule has 5 heteroatoms. The highest BCUT2D eigenvalue weighted by Gasteiger charge is 2.28. The minimum Gasteiger partial charge on any atom is -0.477 e. The summed E-state index contributed by atoms with van der Waals surface area (Å²) >= 11 is 0. The molecule has 0 amide bonds. The molecule has 1 aliphatic carbocycles. The molecule has 0 bridgehead atoms. The molecule has 0 radical (unpaired) electrons. The van der Waals surface area contributed by atoms with E-state index in [9.17, 15) is 9.90 Å². The minimum absolute atomic E-state index is 0.142. The Kier molecular flexibility index (Phi) is 3.64. The summed E-state index contributed by atoms with van der Waals surface area (Å²) in [7, 11) is 1.87. The molecule has 1 heterocycles. The molecule has 110 valence electrons. The lowest BCUT2D eigenvalue weighted by Gasteiger charge is -2.30. The molecule has 0 unspecified atom stereocenters. The average Bonchev–Trinajstić information content (AvgIpc) is 2.88. The lowest BCUT2D eigenvalue weighted by Crippen LogP contribution is -2.30. The summed E-state index contributed by atoms with van der Waals surface area (Å²) in [4.78, 5) is 13.5. The lowest BCUT2D eigenvalue weighted by molar-refractivity contribution is 0.0697. The van der Waals surface area contributed by atoms with Crippen molar-refractivity contribution in [3.63, 3.8) is 0 Å². The Balaban J connectivity index is 1.94. The van der Waals surface area contributed by atoms with E-state index in [1.807, 2.05) is 42.3 Å². The number of carboxylic acids is 1. The molecule has 0 spiro atoms. The lowest BCUT2D eigenvalue weighted by atomic mass is 9.85. The van der Waals surface area contributed by atoms with Crippen molar-refractivity contribution in [2.75, 3.05) is 18.5 Å².